The largest absolute Gasteiger partial charge is 0.354 e. The highest BCUT2D eigenvalue weighted by atomic mass is 16.2. The smallest absolute Gasteiger partial charge is 0.241 e. The van der Waals surface area contributed by atoms with Crippen molar-refractivity contribution in [1.82, 2.24) is 30.5 Å². The minimum Gasteiger partial charge on any atom is -0.354 e. The number of aromatic amines is 1. The van der Waals surface area contributed by atoms with Crippen molar-refractivity contribution >= 4 is 17.6 Å². The van der Waals surface area contributed by atoms with Crippen LogP contribution >= 0.6 is 0 Å². The number of anilines is 1. The van der Waals surface area contributed by atoms with Gasteiger partial charge in [-0.25, -0.2) is 4.68 Å². The third-order valence-corrected chi connectivity index (χ3v) is 3.60. The lowest BCUT2D eigenvalue weighted by molar-refractivity contribution is -0.122. The van der Waals surface area contributed by atoms with Crippen LogP contribution in [0.15, 0.2) is 6.20 Å². The minimum absolute atomic E-state index is 0.0495. The number of rotatable bonds is 7. The summed E-state index contributed by atoms with van der Waals surface area (Å²) in [5, 5.41) is 20.2. The number of hydrogen-bond donors (Lipinski definition) is 3. The SMILES string of the molecule is Cc1n[nH]c(C)c1CCNC(=O)Cn1cc(NC(=O)C(C)C)nn1. The zero-order chi connectivity index (χ0) is 17.7. The molecule has 0 aromatic carbocycles. The summed E-state index contributed by atoms with van der Waals surface area (Å²) >= 11 is 0. The lowest BCUT2D eigenvalue weighted by Gasteiger charge is -2.05. The summed E-state index contributed by atoms with van der Waals surface area (Å²) in [5.74, 6) is -0.114. The first-order chi connectivity index (χ1) is 11.4. The average molecular weight is 333 g/mol. The van der Waals surface area contributed by atoms with Gasteiger partial charge in [0.05, 0.1) is 11.9 Å². The molecule has 0 aliphatic carbocycles. The monoisotopic (exact) mass is 333 g/mol. The Hall–Kier alpha value is -2.71. The molecule has 9 nitrogen and oxygen atoms in total. The predicted molar refractivity (Wildman–Crippen MR) is 88.3 cm³/mol. The Morgan fingerprint density at radius 1 is 1.33 bits per heavy atom. The van der Waals surface area contributed by atoms with Crippen molar-refractivity contribution in [2.75, 3.05) is 11.9 Å². The standard InChI is InChI=1S/C15H23N7O2/c1-9(2)15(24)17-13-7-22(21-20-13)8-14(23)16-6-5-12-10(3)18-19-11(12)4/h7,9H,5-6,8H2,1-4H3,(H,16,23)(H,17,24)(H,18,19). The van der Waals surface area contributed by atoms with Crippen molar-refractivity contribution in [1.29, 1.82) is 0 Å². The van der Waals surface area contributed by atoms with Crippen molar-refractivity contribution in [3.63, 3.8) is 0 Å². The van der Waals surface area contributed by atoms with Gasteiger partial charge in [0.15, 0.2) is 5.82 Å². The van der Waals surface area contributed by atoms with Crippen molar-refractivity contribution < 1.29 is 9.59 Å². The Kier molecular flexibility index (Phi) is 5.67. The number of hydrogen-bond acceptors (Lipinski definition) is 5. The Balaban J connectivity index is 1.78. The summed E-state index contributed by atoms with van der Waals surface area (Å²) in [6, 6.07) is 0. The molecule has 2 aromatic heterocycles. The molecule has 0 fully saturated rings. The highest BCUT2D eigenvalue weighted by Gasteiger charge is 2.11. The highest BCUT2D eigenvalue weighted by Crippen LogP contribution is 2.09. The predicted octanol–water partition coefficient (Wildman–Crippen LogP) is 0.571. The fourth-order valence-corrected chi connectivity index (χ4v) is 2.18. The van der Waals surface area contributed by atoms with E-state index in [0.717, 1.165) is 17.0 Å². The molecule has 0 aliphatic heterocycles. The van der Waals surface area contributed by atoms with E-state index in [1.54, 1.807) is 13.8 Å². The Morgan fingerprint density at radius 2 is 2.08 bits per heavy atom. The van der Waals surface area contributed by atoms with Gasteiger partial charge < -0.3 is 10.6 Å². The first-order valence-corrected chi connectivity index (χ1v) is 7.85. The van der Waals surface area contributed by atoms with E-state index >= 15 is 0 Å². The quantitative estimate of drug-likeness (QED) is 0.685. The van der Waals surface area contributed by atoms with Crippen molar-refractivity contribution in [2.45, 2.75) is 40.7 Å². The number of amides is 2. The maximum Gasteiger partial charge on any atom is 0.241 e. The molecule has 0 spiro atoms. The molecule has 2 rings (SSSR count). The maximum atomic E-state index is 11.9. The molecule has 0 saturated heterocycles. The van der Waals surface area contributed by atoms with E-state index in [0.29, 0.717) is 18.8 Å². The second kappa shape index (κ2) is 7.71. The van der Waals surface area contributed by atoms with Gasteiger partial charge in [-0.2, -0.15) is 5.10 Å². The van der Waals surface area contributed by atoms with E-state index in [1.807, 2.05) is 13.8 Å². The van der Waals surface area contributed by atoms with E-state index in [1.165, 1.54) is 10.9 Å². The molecule has 0 radical (unpaired) electrons. The zero-order valence-electron chi connectivity index (χ0n) is 14.4. The molecule has 2 heterocycles. The zero-order valence-corrected chi connectivity index (χ0v) is 14.4. The van der Waals surface area contributed by atoms with E-state index in [-0.39, 0.29) is 24.3 Å². The van der Waals surface area contributed by atoms with Crippen LogP contribution in [-0.4, -0.2) is 43.6 Å². The van der Waals surface area contributed by atoms with Gasteiger partial charge in [0.25, 0.3) is 0 Å². The van der Waals surface area contributed by atoms with Crippen molar-refractivity contribution in [2.24, 2.45) is 5.92 Å². The van der Waals surface area contributed by atoms with Crippen LogP contribution in [0.4, 0.5) is 5.82 Å². The van der Waals surface area contributed by atoms with Gasteiger partial charge >= 0.3 is 0 Å². The molecule has 24 heavy (non-hydrogen) atoms. The Morgan fingerprint density at radius 3 is 2.71 bits per heavy atom. The third kappa shape index (κ3) is 4.64. The normalized spacial score (nSPS) is 10.9. The number of carbonyl (C=O) groups is 2. The third-order valence-electron chi connectivity index (χ3n) is 3.60. The van der Waals surface area contributed by atoms with Gasteiger partial charge in [-0.1, -0.05) is 19.1 Å². The fraction of sp³-hybridized carbons (Fsp3) is 0.533. The van der Waals surface area contributed by atoms with Crippen LogP contribution in [0.1, 0.15) is 30.8 Å². The Bertz CT molecular complexity index is 698. The molecule has 9 heteroatoms. The summed E-state index contributed by atoms with van der Waals surface area (Å²) in [7, 11) is 0. The van der Waals surface area contributed by atoms with Crippen LogP contribution in [0.5, 0.6) is 0 Å². The molecule has 0 unspecified atom stereocenters. The number of aryl methyl sites for hydroxylation is 2. The molecule has 2 amide bonds. The summed E-state index contributed by atoms with van der Waals surface area (Å²) in [6.45, 7) is 8.04. The topological polar surface area (TPSA) is 118 Å². The summed E-state index contributed by atoms with van der Waals surface area (Å²) in [4.78, 5) is 23.5. The summed E-state index contributed by atoms with van der Waals surface area (Å²) < 4.78 is 1.39. The number of carbonyl (C=O) groups excluding carboxylic acids is 2. The van der Waals surface area contributed by atoms with Crippen LogP contribution < -0.4 is 10.6 Å². The number of nitrogens with zero attached hydrogens (tertiary/aromatic N) is 4. The molecular formula is C15H23N7O2. The average Bonchev–Trinajstić information content (AvgIpc) is 3.07. The number of H-pyrrole nitrogens is 1. The molecule has 130 valence electrons. The van der Waals surface area contributed by atoms with Gasteiger partial charge in [-0.3, -0.25) is 14.7 Å². The molecule has 0 aliphatic rings. The molecule has 0 bridgehead atoms. The van der Waals surface area contributed by atoms with Crippen molar-refractivity contribution in [3.8, 4) is 0 Å². The van der Waals surface area contributed by atoms with E-state index in [2.05, 4.69) is 31.1 Å². The van der Waals surface area contributed by atoms with Crippen LogP contribution in [0.25, 0.3) is 0 Å². The lowest BCUT2D eigenvalue weighted by atomic mass is 10.1. The molecule has 2 aromatic rings. The first-order valence-electron chi connectivity index (χ1n) is 7.85. The van der Waals surface area contributed by atoms with Gasteiger partial charge in [-0.15, -0.1) is 5.10 Å². The fourth-order valence-electron chi connectivity index (χ4n) is 2.18. The van der Waals surface area contributed by atoms with Crippen LogP contribution in [0.3, 0.4) is 0 Å². The van der Waals surface area contributed by atoms with Crippen LogP contribution in [0.2, 0.25) is 0 Å². The highest BCUT2D eigenvalue weighted by molar-refractivity contribution is 5.90. The van der Waals surface area contributed by atoms with E-state index < -0.39 is 0 Å². The van der Waals surface area contributed by atoms with E-state index in [4.69, 9.17) is 0 Å². The minimum atomic E-state index is -0.166. The van der Waals surface area contributed by atoms with Gasteiger partial charge in [0.2, 0.25) is 11.8 Å². The van der Waals surface area contributed by atoms with Crippen LogP contribution in [-0.2, 0) is 22.6 Å². The second-order valence-electron chi connectivity index (χ2n) is 5.96. The van der Waals surface area contributed by atoms with Crippen LogP contribution in [0, 0.1) is 19.8 Å². The van der Waals surface area contributed by atoms with Gasteiger partial charge in [-0.05, 0) is 25.8 Å². The van der Waals surface area contributed by atoms with Gasteiger partial charge in [0, 0.05) is 18.2 Å². The van der Waals surface area contributed by atoms with Crippen molar-refractivity contribution in [3.05, 3.63) is 23.1 Å². The maximum absolute atomic E-state index is 11.9. The Labute approximate surface area is 140 Å². The second-order valence-corrected chi connectivity index (χ2v) is 5.96. The summed E-state index contributed by atoms with van der Waals surface area (Å²) in [5.41, 5.74) is 3.09. The first kappa shape index (κ1) is 17.6. The molecule has 3 N–H and O–H groups in total. The molecule has 0 atom stereocenters. The number of aromatic nitrogens is 5. The molecular weight excluding hydrogens is 310 g/mol. The number of nitrogens with one attached hydrogen (secondary N) is 3. The van der Waals surface area contributed by atoms with E-state index in [9.17, 15) is 9.59 Å². The molecule has 0 saturated carbocycles. The lowest BCUT2D eigenvalue weighted by Crippen LogP contribution is -2.29. The summed E-state index contributed by atoms with van der Waals surface area (Å²) in [6.07, 6.45) is 2.25. The van der Waals surface area contributed by atoms with Gasteiger partial charge in [0.1, 0.15) is 6.54 Å².